The molecule has 3 aromatic carbocycles. The summed E-state index contributed by atoms with van der Waals surface area (Å²) in [5.41, 5.74) is 8.09. The van der Waals surface area contributed by atoms with Crippen molar-refractivity contribution in [3.05, 3.63) is 107 Å². The first-order chi connectivity index (χ1) is 15.6. The number of aliphatic carboxylic acids is 1. The lowest BCUT2D eigenvalue weighted by atomic mass is 9.87. The Labute approximate surface area is 186 Å². The van der Waals surface area contributed by atoms with Crippen molar-refractivity contribution in [2.24, 2.45) is 0 Å². The van der Waals surface area contributed by atoms with Crippen molar-refractivity contribution < 1.29 is 15.0 Å². The Morgan fingerprint density at radius 2 is 1.78 bits per heavy atom. The molecule has 1 aromatic heterocycles. The van der Waals surface area contributed by atoms with Gasteiger partial charge in [-0.2, -0.15) is 5.10 Å². The summed E-state index contributed by atoms with van der Waals surface area (Å²) in [5, 5.41) is 26.7. The predicted octanol–water partition coefficient (Wildman–Crippen LogP) is 5.52. The van der Waals surface area contributed by atoms with E-state index in [1.807, 2.05) is 54.7 Å². The molecule has 0 fully saturated rings. The van der Waals surface area contributed by atoms with Gasteiger partial charge in [-0.05, 0) is 69.7 Å². The third kappa shape index (κ3) is 4.53. The molecule has 0 saturated heterocycles. The third-order valence-corrected chi connectivity index (χ3v) is 5.46. The minimum Gasteiger partial charge on any atom is -0.478 e. The third-order valence-electron chi connectivity index (χ3n) is 5.46. The van der Waals surface area contributed by atoms with Crippen LogP contribution >= 0.6 is 0 Å². The van der Waals surface area contributed by atoms with Crippen LogP contribution in [-0.2, 0) is 11.4 Å². The first kappa shape index (κ1) is 21.3. The first-order valence-electron chi connectivity index (χ1n) is 10.5. The standard InChI is InChI=1S/C27H24N2O3/c1-2-24(21-5-3-4-19(14-21)17-30)27(22-11-12-25-23(15-22)16-28-29-25)20-9-6-18(7-10-20)8-13-26(31)32/h3-16,30H,2,17H2,1H3,(H,28,29)(H,31,32). The van der Waals surface area contributed by atoms with Gasteiger partial charge in [0.1, 0.15) is 0 Å². The molecule has 1 heterocycles. The second kappa shape index (κ2) is 9.45. The van der Waals surface area contributed by atoms with Crippen molar-refractivity contribution in [1.82, 2.24) is 10.2 Å². The second-order valence-corrected chi connectivity index (χ2v) is 7.53. The average molecular weight is 425 g/mol. The Balaban J connectivity index is 1.91. The average Bonchev–Trinajstić information content (AvgIpc) is 3.29. The number of allylic oxidation sites excluding steroid dienone is 1. The SMILES string of the molecule is CCC(=C(c1ccc(C=CC(=O)O)cc1)c1ccc2[nH]ncc2c1)c1cccc(CO)c1. The van der Waals surface area contributed by atoms with E-state index in [4.69, 9.17) is 5.11 Å². The van der Waals surface area contributed by atoms with Crippen molar-refractivity contribution in [2.45, 2.75) is 20.0 Å². The van der Waals surface area contributed by atoms with Crippen molar-refractivity contribution in [2.75, 3.05) is 0 Å². The maximum atomic E-state index is 10.8. The van der Waals surface area contributed by atoms with Crippen LogP contribution in [0.1, 0.15) is 41.2 Å². The van der Waals surface area contributed by atoms with Crippen molar-refractivity contribution >= 4 is 34.1 Å². The summed E-state index contributed by atoms with van der Waals surface area (Å²) in [6.07, 6.45) is 5.33. The molecule has 0 bridgehead atoms. The predicted molar refractivity (Wildman–Crippen MR) is 128 cm³/mol. The van der Waals surface area contributed by atoms with E-state index in [2.05, 4.69) is 35.3 Å². The molecule has 4 rings (SSSR count). The number of aromatic nitrogens is 2. The molecule has 32 heavy (non-hydrogen) atoms. The molecule has 5 nitrogen and oxygen atoms in total. The Hall–Kier alpha value is -3.96. The van der Waals surface area contributed by atoms with Gasteiger partial charge in [-0.15, -0.1) is 0 Å². The zero-order valence-electron chi connectivity index (χ0n) is 17.7. The van der Waals surface area contributed by atoms with Crippen LogP contribution in [-0.4, -0.2) is 26.4 Å². The molecule has 160 valence electrons. The Kier molecular flexibility index (Phi) is 6.29. The van der Waals surface area contributed by atoms with Gasteiger partial charge < -0.3 is 10.2 Å². The van der Waals surface area contributed by atoms with E-state index in [0.717, 1.165) is 62.4 Å². The lowest BCUT2D eigenvalue weighted by molar-refractivity contribution is -0.131. The Morgan fingerprint density at radius 3 is 2.50 bits per heavy atom. The number of aliphatic hydroxyl groups excluding tert-OH is 1. The fraction of sp³-hybridized carbons (Fsp3) is 0.111. The van der Waals surface area contributed by atoms with Crippen LogP contribution < -0.4 is 0 Å². The monoisotopic (exact) mass is 424 g/mol. The van der Waals surface area contributed by atoms with E-state index in [0.29, 0.717) is 0 Å². The van der Waals surface area contributed by atoms with Crippen LogP contribution in [0.25, 0.3) is 28.1 Å². The fourth-order valence-corrected chi connectivity index (χ4v) is 3.92. The number of rotatable bonds is 7. The van der Waals surface area contributed by atoms with Gasteiger partial charge in [0.2, 0.25) is 0 Å². The molecule has 0 saturated carbocycles. The number of fused-ring (bicyclic) bond motifs is 1. The van der Waals surface area contributed by atoms with E-state index in [-0.39, 0.29) is 6.61 Å². The summed E-state index contributed by atoms with van der Waals surface area (Å²) < 4.78 is 0. The Bertz CT molecular complexity index is 1310. The van der Waals surface area contributed by atoms with E-state index in [1.54, 1.807) is 6.08 Å². The summed E-state index contributed by atoms with van der Waals surface area (Å²) in [5.74, 6) is -0.972. The van der Waals surface area contributed by atoms with E-state index in [9.17, 15) is 9.90 Å². The lowest BCUT2D eigenvalue weighted by Gasteiger charge is -2.17. The summed E-state index contributed by atoms with van der Waals surface area (Å²) >= 11 is 0. The number of benzene rings is 3. The molecule has 5 heteroatoms. The van der Waals surface area contributed by atoms with Gasteiger partial charge in [0.15, 0.2) is 0 Å². The number of aliphatic hydroxyl groups is 1. The van der Waals surface area contributed by atoms with E-state index >= 15 is 0 Å². The molecule has 0 radical (unpaired) electrons. The molecule has 0 unspecified atom stereocenters. The molecule has 0 aliphatic rings. The van der Waals surface area contributed by atoms with Crippen LogP contribution in [0.5, 0.6) is 0 Å². The number of hydrogen-bond donors (Lipinski definition) is 3. The zero-order chi connectivity index (χ0) is 22.5. The number of hydrogen-bond acceptors (Lipinski definition) is 3. The van der Waals surface area contributed by atoms with Crippen LogP contribution in [0.15, 0.2) is 79.0 Å². The maximum Gasteiger partial charge on any atom is 0.328 e. The minimum absolute atomic E-state index is 0.00818. The fourth-order valence-electron chi connectivity index (χ4n) is 3.92. The van der Waals surface area contributed by atoms with Gasteiger partial charge in [0.25, 0.3) is 0 Å². The number of carboxylic acids is 1. The summed E-state index contributed by atoms with van der Waals surface area (Å²) in [6, 6.07) is 22.1. The summed E-state index contributed by atoms with van der Waals surface area (Å²) in [6.45, 7) is 2.12. The van der Waals surface area contributed by atoms with Gasteiger partial charge in [0, 0.05) is 11.5 Å². The highest BCUT2D eigenvalue weighted by molar-refractivity contribution is 6.00. The number of carbonyl (C=O) groups is 1. The normalized spacial score (nSPS) is 12.3. The number of H-pyrrole nitrogens is 1. The molecule has 0 atom stereocenters. The highest BCUT2D eigenvalue weighted by atomic mass is 16.4. The zero-order valence-corrected chi connectivity index (χ0v) is 17.7. The molecule has 0 spiro atoms. The van der Waals surface area contributed by atoms with E-state index < -0.39 is 5.97 Å². The first-order valence-corrected chi connectivity index (χ1v) is 10.5. The second-order valence-electron chi connectivity index (χ2n) is 7.53. The quantitative estimate of drug-likeness (QED) is 0.269. The van der Waals surface area contributed by atoms with Crippen molar-refractivity contribution in [1.29, 1.82) is 0 Å². The van der Waals surface area contributed by atoms with Crippen LogP contribution in [0, 0.1) is 0 Å². The Morgan fingerprint density at radius 1 is 1.00 bits per heavy atom. The number of aromatic amines is 1. The molecule has 3 N–H and O–H groups in total. The highest BCUT2D eigenvalue weighted by Crippen LogP contribution is 2.36. The topological polar surface area (TPSA) is 86.2 Å². The van der Waals surface area contributed by atoms with Crippen LogP contribution in [0.4, 0.5) is 0 Å². The molecule has 0 aliphatic carbocycles. The summed E-state index contributed by atoms with van der Waals surface area (Å²) in [4.78, 5) is 10.8. The molecular formula is C27H24N2O3. The van der Waals surface area contributed by atoms with Gasteiger partial charge in [-0.1, -0.05) is 55.5 Å². The van der Waals surface area contributed by atoms with Crippen molar-refractivity contribution in [3.63, 3.8) is 0 Å². The summed E-state index contributed by atoms with van der Waals surface area (Å²) in [7, 11) is 0. The molecule has 0 amide bonds. The number of nitrogens with zero attached hydrogens (tertiary/aromatic N) is 1. The largest absolute Gasteiger partial charge is 0.478 e. The smallest absolute Gasteiger partial charge is 0.328 e. The van der Waals surface area contributed by atoms with E-state index in [1.165, 1.54) is 0 Å². The molecule has 0 aliphatic heterocycles. The highest BCUT2D eigenvalue weighted by Gasteiger charge is 2.14. The van der Waals surface area contributed by atoms with Crippen LogP contribution in [0.3, 0.4) is 0 Å². The number of carboxylic acid groups (broad SMARTS) is 1. The van der Waals surface area contributed by atoms with Gasteiger partial charge in [0.05, 0.1) is 18.3 Å². The minimum atomic E-state index is -0.972. The van der Waals surface area contributed by atoms with Gasteiger partial charge >= 0.3 is 5.97 Å². The molecule has 4 aromatic rings. The van der Waals surface area contributed by atoms with Crippen molar-refractivity contribution in [3.8, 4) is 0 Å². The van der Waals surface area contributed by atoms with Gasteiger partial charge in [-0.3, -0.25) is 5.10 Å². The number of nitrogens with one attached hydrogen (secondary N) is 1. The lowest BCUT2D eigenvalue weighted by Crippen LogP contribution is -1.96. The van der Waals surface area contributed by atoms with Crippen LogP contribution in [0.2, 0.25) is 0 Å². The maximum absolute atomic E-state index is 10.8. The molecular weight excluding hydrogens is 400 g/mol. The van der Waals surface area contributed by atoms with Gasteiger partial charge in [-0.25, -0.2) is 4.79 Å².